The molecule has 0 aromatic rings. The predicted octanol–water partition coefficient (Wildman–Crippen LogP) is 1.95. The van der Waals surface area contributed by atoms with Crippen molar-refractivity contribution in [3.8, 4) is 0 Å². The van der Waals surface area contributed by atoms with Crippen molar-refractivity contribution in [3.63, 3.8) is 0 Å². The van der Waals surface area contributed by atoms with Crippen molar-refractivity contribution in [2.75, 3.05) is 7.11 Å². The van der Waals surface area contributed by atoms with E-state index < -0.39 is 29.1 Å². The topological polar surface area (TPSA) is 78.9 Å². The second kappa shape index (κ2) is 6.24. The summed E-state index contributed by atoms with van der Waals surface area (Å²) in [6.45, 7) is 4.97. The summed E-state index contributed by atoms with van der Waals surface area (Å²) in [4.78, 5) is 35.8. The number of esters is 3. The van der Waals surface area contributed by atoms with Gasteiger partial charge in [0.25, 0.3) is 5.79 Å². The highest BCUT2D eigenvalue weighted by Gasteiger charge is 2.55. The minimum Gasteiger partial charge on any atom is -0.469 e. The van der Waals surface area contributed by atoms with Crippen LogP contribution in [-0.4, -0.2) is 30.8 Å². The fraction of sp³-hybridized carbons (Fsp3) is 0.786. The number of carbonyl (C=O) groups is 3. The Bertz CT molecular complexity index is 378. The molecular formula is C14H22O6. The van der Waals surface area contributed by atoms with E-state index in [4.69, 9.17) is 9.47 Å². The third kappa shape index (κ3) is 3.49. The first-order valence-corrected chi connectivity index (χ1v) is 6.81. The molecule has 0 aliphatic carbocycles. The summed E-state index contributed by atoms with van der Waals surface area (Å²) in [6.07, 6.45) is 1.84. The number of rotatable bonds is 6. The van der Waals surface area contributed by atoms with Crippen molar-refractivity contribution < 1.29 is 28.6 Å². The monoisotopic (exact) mass is 286 g/mol. The van der Waals surface area contributed by atoms with Crippen molar-refractivity contribution >= 4 is 17.9 Å². The van der Waals surface area contributed by atoms with Gasteiger partial charge in [0.1, 0.15) is 0 Å². The normalized spacial score (nSPS) is 20.0. The summed E-state index contributed by atoms with van der Waals surface area (Å²) in [5.41, 5.74) is -1.39. The van der Waals surface area contributed by atoms with Crippen molar-refractivity contribution in [2.45, 2.75) is 58.7 Å². The molecule has 1 saturated heterocycles. The maximum Gasteiger partial charge on any atom is 0.326 e. The molecule has 0 unspecified atom stereocenters. The lowest BCUT2D eigenvalue weighted by atomic mass is 9.77. The summed E-state index contributed by atoms with van der Waals surface area (Å²) in [6, 6.07) is 0. The minimum absolute atomic E-state index is 0.0230. The molecule has 1 heterocycles. The molecule has 0 spiro atoms. The van der Waals surface area contributed by atoms with Gasteiger partial charge in [-0.2, -0.15) is 0 Å². The van der Waals surface area contributed by atoms with Gasteiger partial charge in [0, 0.05) is 20.3 Å². The molecule has 0 atom stereocenters. The SMILES string of the molecule is CCCCC1(CCC(=O)OC)C(=O)OC(C)(C)OC1=O. The van der Waals surface area contributed by atoms with E-state index in [2.05, 4.69) is 4.74 Å². The lowest BCUT2D eigenvalue weighted by Crippen LogP contribution is -2.54. The van der Waals surface area contributed by atoms with Crippen molar-refractivity contribution in [1.82, 2.24) is 0 Å². The number of cyclic esters (lactones) is 2. The second-order valence-corrected chi connectivity index (χ2v) is 5.44. The quantitative estimate of drug-likeness (QED) is 0.548. The highest BCUT2D eigenvalue weighted by molar-refractivity contribution is 6.02. The highest BCUT2D eigenvalue weighted by Crippen LogP contribution is 2.40. The van der Waals surface area contributed by atoms with Gasteiger partial charge < -0.3 is 14.2 Å². The molecule has 1 aliphatic rings. The summed E-state index contributed by atoms with van der Waals surface area (Å²) >= 11 is 0. The third-order valence-electron chi connectivity index (χ3n) is 3.40. The molecule has 0 N–H and O–H groups in total. The van der Waals surface area contributed by atoms with Crippen LogP contribution in [0.2, 0.25) is 0 Å². The average Bonchev–Trinajstić information content (AvgIpc) is 2.36. The maximum absolute atomic E-state index is 12.3. The van der Waals surface area contributed by atoms with E-state index >= 15 is 0 Å². The zero-order chi connectivity index (χ0) is 15.4. The smallest absolute Gasteiger partial charge is 0.326 e. The van der Waals surface area contributed by atoms with E-state index in [0.717, 1.165) is 6.42 Å². The van der Waals surface area contributed by atoms with Crippen molar-refractivity contribution in [1.29, 1.82) is 0 Å². The van der Waals surface area contributed by atoms with E-state index in [9.17, 15) is 14.4 Å². The highest BCUT2D eigenvalue weighted by atomic mass is 16.7. The van der Waals surface area contributed by atoms with Crippen LogP contribution >= 0.6 is 0 Å². The Hall–Kier alpha value is -1.59. The first kappa shape index (κ1) is 16.5. The molecule has 0 aromatic heterocycles. The number of carbonyl (C=O) groups excluding carboxylic acids is 3. The Morgan fingerprint density at radius 1 is 1.15 bits per heavy atom. The van der Waals surface area contributed by atoms with Gasteiger partial charge in [-0.1, -0.05) is 19.8 Å². The molecule has 6 nitrogen and oxygen atoms in total. The van der Waals surface area contributed by atoms with E-state index in [1.54, 1.807) is 0 Å². The first-order chi connectivity index (χ1) is 9.27. The average molecular weight is 286 g/mol. The summed E-state index contributed by atoms with van der Waals surface area (Å²) in [7, 11) is 1.27. The van der Waals surface area contributed by atoms with Gasteiger partial charge in [-0.3, -0.25) is 14.4 Å². The Morgan fingerprint density at radius 2 is 1.70 bits per heavy atom. The molecule has 20 heavy (non-hydrogen) atoms. The minimum atomic E-state index is -1.39. The lowest BCUT2D eigenvalue weighted by Gasteiger charge is -2.40. The molecule has 1 fully saturated rings. The van der Waals surface area contributed by atoms with Crippen LogP contribution in [0.4, 0.5) is 0 Å². The van der Waals surface area contributed by atoms with Crippen molar-refractivity contribution in [3.05, 3.63) is 0 Å². The summed E-state index contributed by atoms with van der Waals surface area (Å²) in [5, 5.41) is 0. The van der Waals surface area contributed by atoms with E-state index in [-0.39, 0.29) is 12.8 Å². The number of methoxy groups -OCH3 is 1. The van der Waals surface area contributed by atoms with Crippen LogP contribution in [0.5, 0.6) is 0 Å². The van der Waals surface area contributed by atoms with Gasteiger partial charge in [-0.15, -0.1) is 0 Å². The zero-order valence-corrected chi connectivity index (χ0v) is 12.5. The van der Waals surface area contributed by atoms with Crippen LogP contribution < -0.4 is 0 Å². The van der Waals surface area contributed by atoms with Crippen LogP contribution in [0.25, 0.3) is 0 Å². The van der Waals surface area contributed by atoms with Gasteiger partial charge in [-0.25, -0.2) is 0 Å². The van der Waals surface area contributed by atoms with Gasteiger partial charge in [0.2, 0.25) is 0 Å². The van der Waals surface area contributed by atoms with E-state index in [1.807, 2.05) is 6.92 Å². The zero-order valence-electron chi connectivity index (χ0n) is 12.5. The number of ether oxygens (including phenoxy) is 3. The largest absolute Gasteiger partial charge is 0.469 e. The molecular weight excluding hydrogens is 264 g/mol. The fourth-order valence-electron chi connectivity index (χ4n) is 2.18. The Labute approximate surface area is 118 Å². The van der Waals surface area contributed by atoms with Gasteiger partial charge in [-0.05, 0) is 12.8 Å². The summed E-state index contributed by atoms with van der Waals surface area (Å²) < 4.78 is 14.9. The van der Waals surface area contributed by atoms with Gasteiger partial charge >= 0.3 is 17.9 Å². The van der Waals surface area contributed by atoms with Gasteiger partial charge in [0.05, 0.1) is 7.11 Å². The molecule has 1 rings (SSSR count). The van der Waals surface area contributed by atoms with Crippen LogP contribution in [0.1, 0.15) is 52.9 Å². The van der Waals surface area contributed by atoms with Crippen molar-refractivity contribution in [2.24, 2.45) is 5.41 Å². The van der Waals surface area contributed by atoms with Crippen LogP contribution in [0.15, 0.2) is 0 Å². The van der Waals surface area contributed by atoms with Crippen LogP contribution in [-0.2, 0) is 28.6 Å². The van der Waals surface area contributed by atoms with Crippen LogP contribution in [0.3, 0.4) is 0 Å². The van der Waals surface area contributed by atoms with E-state index in [0.29, 0.717) is 12.8 Å². The van der Waals surface area contributed by atoms with E-state index in [1.165, 1.54) is 21.0 Å². The summed E-state index contributed by atoms with van der Waals surface area (Å²) in [5.74, 6) is -2.95. The molecule has 0 amide bonds. The first-order valence-electron chi connectivity index (χ1n) is 6.81. The Morgan fingerprint density at radius 3 is 2.15 bits per heavy atom. The molecule has 0 radical (unpaired) electrons. The third-order valence-corrected chi connectivity index (χ3v) is 3.40. The Balaban J connectivity index is 2.94. The van der Waals surface area contributed by atoms with Crippen LogP contribution in [0, 0.1) is 5.41 Å². The number of hydrogen-bond acceptors (Lipinski definition) is 6. The standard InChI is InChI=1S/C14H22O6/c1-5-6-8-14(9-7-10(15)18-4)11(16)19-13(2,3)20-12(14)17/h5-9H2,1-4H3. The number of hydrogen-bond donors (Lipinski definition) is 0. The molecule has 0 bridgehead atoms. The molecule has 0 saturated carbocycles. The Kier molecular flexibility index (Phi) is 5.14. The second-order valence-electron chi connectivity index (χ2n) is 5.44. The van der Waals surface area contributed by atoms with Gasteiger partial charge in [0.15, 0.2) is 5.41 Å². The fourth-order valence-corrected chi connectivity index (χ4v) is 2.18. The molecule has 0 aromatic carbocycles. The lowest BCUT2D eigenvalue weighted by molar-refractivity contribution is -0.252. The predicted molar refractivity (Wildman–Crippen MR) is 69.5 cm³/mol. The molecule has 6 heteroatoms. The number of unbranched alkanes of at least 4 members (excludes halogenated alkanes) is 1. The molecule has 114 valence electrons. The molecule has 1 aliphatic heterocycles. The maximum atomic E-state index is 12.3.